The van der Waals surface area contributed by atoms with Crippen LogP contribution in [0, 0.1) is 0 Å². The highest BCUT2D eigenvalue weighted by molar-refractivity contribution is 5.28. The third kappa shape index (κ3) is 2.48. The summed E-state index contributed by atoms with van der Waals surface area (Å²) < 4.78 is 2.05. The number of nitrogens with two attached hydrogens (primary N) is 1. The standard InChI is InChI=1S/C10H20N4/c1-7(2)12-6-10-13-5-9(11)14(10)8(3)4/h5,7-8,12H,6,11H2,1-4H3. The maximum atomic E-state index is 5.82. The number of nitrogens with zero attached hydrogens (tertiary/aromatic N) is 2. The minimum absolute atomic E-state index is 0.362. The van der Waals surface area contributed by atoms with Crippen LogP contribution in [0.25, 0.3) is 0 Å². The fourth-order valence-electron chi connectivity index (χ4n) is 1.44. The summed E-state index contributed by atoms with van der Waals surface area (Å²) in [7, 11) is 0. The molecule has 0 unspecified atom stereocenters. The summed E-state index contributed by atoms with van der Waals surface area (Å²) in [6.45, 7) is 9.22. The molecule has 1 aromatic rings. The van der Waals surface area contributed by atoms with E-state index in [1.54, 1.807) is 6.20 Å². The molecule has 0 aliphatic carbocycles. The highest BCUT2D eigenvalue weighted by atomic mass is 15.2. The average molecular weight is 196 g/mol. The van der Waals surface area contributed by atoms with Crippen LogP contribution in [0.1, 0.15) is 39.6 Å². The van der Waals surface area contributed by atoms with Crippen molar-refractivity contribution in [1.29, 1.82) is 0 Å². The zero-order valence-electron chi connectivity index (χ0n) is 9.41. The number of nitrogen functional groups attached to an aromatic ring is 1. The smallest absolute Gasteiger partial charge is 0.124 e. The van der Waals surface area contributed by atoms with Gasteiger partial charge in [-0.25, -0.2) is 4.98 Å². The minimum Gasteiger partial charge on any atom is -0.384 e. The van der Waals surface area contributed by atoms with Crippen LogP contribution in [-0.2, 0) is 6.54 Å². The Morgan fingerprint density at radius 2 is 2.07 bits per heavy atom. The largest absolute Gasteiger partial charge is 0.384 e. The molecular weight excluding hydrogens is 176 g/mol. The fraction of sp³-hybridized carbons (Fsp3) is 0.700. The first-order chi connectivity index (χ1) is 6.52. The lowest BCUT2D eigenvalue weighted by Gasteiger charge is -2.14. The van der Waals surface area contributed by atoms with Gasteiger partial charge in [0.05, 0.1) is 12.7 Å². The average Bonchev–Trinajstić information content (AvgIpc) is 2.43. The van der Waals surface area contributed by atoms with Gasteiger partial charge in [-0.05, 0) is 13.8 Å². The molecule has 80 valence electrons. The van der Waals surface area contributed by atoms with Gasteiger partial charge >= 0.3 is 0 Å². The van der Waals surface area contributed by atoms with Crippen LogP contribution in [0.15, 0.2) is 6.20 Å². The molecule has 0 radical (unpaired) electrons. The minimum atomic E-state index is 0.362. The van der Waals surface area contributed by atoms with Crippen LogP contribution >= 0.6 is 0 Å². The normalized spacial score (nSPS) is 11.6. The van der Waals surface area contributed by atoms with Gasteiger partial charge in [-0.15, -0.1) is 0 Å². The highest BCUT2D eigenvalue weighted by Crippen LogP contribution is 2.14. The Bertz CT molecular complexity index is 288. The van der Waals surface area contributed by atoms with E-state index in [1.165, 1.54) is 0 Å². The number of rotatable bonds is 4. The van der Waals surface area contributed by atoms with Gasteiger partial charge in [0.15, 0.2) is 0 Å². The Morgan fingerprint density at radius 3 is 2.57 bits per heavy atom. The van der Waals surface area contributed by atoms with Gasteiger partial charge in [0.2, 0.25) is 0 Å². The second-order valence-corrected chi connectivity index (χ2v) is 4.10. The van der Waals surface area contributed by atoms with E-state index >= 15 is 0 Å². The Hall–Kier alpha value is -1.03. The summed E-state index contributed by atoms with van der Waals surface area (Å²) in [5.74, 6) is 1.74. The Balaban J connectivity index is 2.76. The maximum absolute atomic E-state index is 5.82. The van der Waals surface area contributed by atoms with E-state index in [2.05, 4.69) is 42.6 Å². The summed E-state index contributed by atoms with van der Waals surface area (Å²) in [5, 5.41) is 3.33. The lowest BCUT2D eigenvalue weighted by Crippen LogP contribution is -2.24. The van der Waals surface area contributed by atoms with Crippen LogP contribution in [0.2, 0.25) is 0 Å². The number of imidazole rings is 1. The van der Waals surface area contributed by atoms with Crippen LogP contribution in [0.5, 0.6) is 0 Å². The van der Waals surface area contributed by atoms with Crippen LogP contribution < -0.4 is 11.1 Å². The molecule has 0 aliphatic heterocycles. The molecule has 14 heavy (non-hydrogen) atoms. The number of anilines is 1. The summed E-state index contributed by atoms with van der Waals surface area (Å²) in [5.41, 5.74) is 5.82. The number of nitrogens with one attached hydrogen (secondary N) is 1. The molecule has 0 atom stereocenters. The molecule has 0 spiro atoms. The molecule has 0 aliphatic rings. The molecule has 3 N–H and O–H groups in total. The summed E-state index contributed by atoms with van der Waals surface area (Å²) in [4.78, 5) is 4.28. The van der Waals surface area contributed by atoms with E-state index in [-0.39, 0.29) is 0 Å². The number of hydrogen-bond acceptors (Lipinski definition) is 3. The highest BCUT2D eigenvalue weighted by Gasteiger charge is 2.10. The van der Waals surface area contributed by atoms with E-state index in [4.69, 9.17) is 5.73 Å². The van der Waals surface area contributed by atoms with Crippen molar-refractivity contribution in [3.63, 3.8) is 0 Å². The first-order valence-electron chi connectivity index (χ1n) is 5.07. The van der Waals surface area contributed by atoms with Gasteiger partial charge < -0.3 is 15.6 Å². The van der Waals surface area contributed by atoms with Gasteiger partial charge in [0.1, 0.15) is 11.6 Å². The third-order valence-electron chi connectivity index (χ3n) is 2.09. The Morgan fingerprint density at radius 1 is 1.43 bits per heavy atom. The van der Waals surface area contributed by atoms with Crippen molar-refractivity contribution in [2.75, 3.05) is 5.73 Å². The topological polar surface area (TPSA) is 55.9 Å². The van der Waals surface area contributed by atoms with Gasteiger partial charge in [-0.2, -0.15) is 0 Å². The summed E-state index contributed by atoms with van der Waals surface area (Å²) in [6.07, 6.45) is 1.72. The van der Waals surface area contributed by atoms with E-state index < -0.39 is 0 Å². The van der Waals surface area contributed by atoms with Crippen molar-refractivity contribution < 1.29 is 0 Å². The third-order valence-corrected chi connectivity index (χ3v) is 2.09. The SMILES string of the molecule is CC(C)NCc1ncc(N)n1C(C)C. The molecule has 4 nitrogen and oxygen atoms in total. The van der Waals surface area contributed by atoms with Crippen molar-refractivity contribution in [2.45, 2.75) is 46.3 Å². The van der Waals surface area contributed by atoms with E-state index in [0.717, 1.165) is 18.2 Å². The van der Waals surface area contributed by atoms with Crippen LogP contribution in [0.3, 0.4) is 0 Å². The first-order valence-corrected chi connectivity index (χ1v) is 5.07. The van der Waals surface area contributed by atoms with E-state index in [0.29, 0.717) is 12.1 Å². The summed E-state index contributed by atoms with van der Waals surface area (Å²) in [6, 6.07) is 0.829. The number of hydrogen-bond donors (Lipinski definition) is 2. The predicted molar refractivity (Wildman–Crippen MR) is 59.0 cm³/mol. The molecule has 0 saturated carbocycles. The Labute approximate surface area is 85.5 Å². The molecular formula is C10H20N4. The zero-order chi connectivity index (χ0) is 10.7. The van der Waals surface area contributed by atoms with Crippen molar-refractivity contribution in [3.8, 4) is 0 Å². The molecule has 0 saturated heterocycles. The van der Waals surface area contributed by atoms with Gasteiger partial charge in [0.25, 0.3) is 0 Å². The molecule has 0 aromatic carbocycles. The molecule has 4 heteroatoms. The first kappa shape index (κ1) is 11.0. The lowest BCUT2D eigenvalue weighted by molar-refractivity contribution is 0.519. The van der Waals surface area contributed by atoms with Gasteiger partial charge in [0, 0.05) is 12.1 Å². The molecule has 1 aromatic heterocycles. The monoisotopic (exact) mass is 196 g/mol. The predicted octanol–water partition coefficient (Wildman–Crippen LogP) is 1.54. The quantitative estimate of drug-likeness (QED) is 0.768. The van der Waals surface area contributed by atoms with E-state index in [9.17, 15) is 0 Å². The lowest BCUT2D eigenvalue weighted by atomic mass is 10.3. The van der Waals surface area contributed by atoms with Crippen molar-refractivity contribution in [3.05, 3.63) is 12.0 Å². The molecule has 0 fully saturated rings. The van der Waals surface area contributed by atoms with Gasteiger partial charge in [-0.1, -0.05) is 13.8 Å². The van der Waals surface area contributed by atoms with E-state index in [1.807, 2.05) is 0 Å². The van der Waals surface area contributed by atoms with Crippen LogP contribution in [0.4, 0.5) is 5.82 Å². The Kier molecular flexibility index (Phi) is 3.52. The molecule has 0 amide bonds. The number of aromatic nitrogens is 2. The zero-order valence-corrected chi connectivity index (χ0v) is 9.41. The maximum Gasteiger partial charge on any atom is 0.124 e. The second-order valence-electron chi connectivity index (χ2n) is 4.10. The molecule has 1 heterocycles. The molecule has 0 bridgehead atoms. The van der Waals surface area contributed by atoms with Crippen molar-refractivity contribution >= 4 is 5.82 Å². The van der Waals surface area contributed by atoms with Crippen LogP contribution in [-0.4, -0.2) is 15.6 Å². The van der Waals surface area contributed by atoms with Crippen molar-refractivity contribution in [1.82, 2.24) is 14.9 Å². The fourth-order valence-corrected chi connectivity index (χ4v) is 1.44. The van der Waals surface area contributed by atoms with Crippen molar-refractivity contribution in [2.24, 2.45) is 0 Å². The molecule has 1 rings (SSSR count). The summed E-state index contributed by atoms with van der Waals surface area (Å²) >= 11 is 0. The second kappa shape index (κ2) is 4.46. The van der Waals surface area contributed by atoms with Gasteiger partial charge in [-0.3, -0.25) is 0 Å².